The molecule has 0 saturated heterocycles. The number of para-hydroxylation sites is 1. The molecule has 0 heterocycles. The summed E-state index contributed by atoms with van der Waals surface area (Å²) in [6, 6.07) is 5.41. The lowest BCUT2D eigenvalue weighted by atomic mass is 10.1. The van der Waals surface area contributed by atoms with Crippen molar-refractivity contribution in [3.05, 3.63) is 29.3 Å². The van der Waals surface area contributed by atoms with Gasteiger partial charge in [0.15, 0.2) is 0 Å². The van der Waals surface area contributed by atoms with E-state index < -0.39 is 0 Å². The fourth-order valence-electron chi connectivity index (χ4n) is 1.62. The van der Waals surface area contributed by atoms with Crippen molar-refractivity contribution in [3.8, 4) is 0 Å². The van der Waals surface area contributed by atoms with Gasteiger partial charge in [-0.3, -0.25) is 0 Å². The zero-order valence-electron chi connectivity index (χ0n) is 10.6. The Morgan fingerprint density at radius 3 is 2.76 bits per heavy atom. The van der Waals surface area contributed by atoms with Crippen LogP contribution in [0.3, 0.4) is 0 Å². The van der Waals surface area contributed by atoms with Crippen LogP contribution >= 0.6 is 0 Å². The number of benzene rings is 1. The fourth-order valence-corrected chi connectivity index (χ4v) is 1.62. The molecule has 0 aliphatic rings. The Hall–Kier alpha value is -1.55. The second-order valence-corrected chi connectivity index (χ2v) is 4.14. The third kappa shape index (κ3) is 3.75. The van der Waals surface area contributed by atoms with E-state index >= 15 is 0 Å². The summed E-state index contributed by atoms with van der Waals surface area (Å²) in [5.74, 6) is 0. The number of nitrogens with one attached hydrogen (secondary N) is 2. The molecule has 1 aromatic rings. The van der Waals surface area contributed by atoms with Crippen LogP contribution in [0.2, 0.25) is 0 Å². The Balaban J connectivity index is 2.77. The third-order valence-electron chi connectivity index (χ3n) is 2.63. The molecule has 17 heavy (non-hydrogen) atoms. The lowest BCUT2D eigenvalue weighted by molar-refractivity contribution is 0.229. The van der Waals surface area contributed by atoms with Gasteiger partial charge in [-0.15, -0.1) is 0 Å². The molecule has 0 aliphatic carbocycles. The Labute approximate surface area is 102 Å². The SMILES string of the molecule is CCc1cccc(C)c1NC(=O)NC(C)CO. The van der Waals surface area contributed by atoms with Crippen molar-refractivity contribution >= 4 is 11.7 Å². The fraction of sp³-hybridized carbons (Fsp3) is 0.462. The van der Waals surface area contributed by atoms with Crippen LogP contribution in [-0.4, -0.2) is 23.8 Å². The number of aliphatic hydroxyl groups is 1. The summed E-state index contributed by atoms with van der Waals surface area (Å²) < 4.78 is 0. The Morgan fingerprint density at radius 2 is 2.18 bits per heavy atom. The van der Waals surface area contributed by atoms with Crippen LogP contribution in [0.5, 0.6) is 0 Å². The lowest BCUT2D eigenvalue weighted by Gasteiger charge is -2.15. The number of carbonyl (C=O) groups excluding carboxylic acids is 1. The van der Waals surface area contributed by atoms with Gasteiger partial charge >= 0.3 is 6.03 Å². The summed E-state index contributed by atoms with van der Waals surface area (Å²) in [4.78, 5) is 11.7. The van der Waals surface area contributed by atoms with Crippen LogP contribution in [0.25, 0.3) is 0 Å². The van der Waals surface area contributed by atoms with Crippen molar-refractivity contribution in [1.82, 2.24) is 5.32 Å². The highest BCUT2D eigenvalue weighted by molar-refractivity contribution is 5.91. The predicted octanol–water partition coefficient (Wildman–Crippen LogP) is 2.06. The molecular weight excluding hydrogens is 216 g/mol. The predicted molar refractivity (Wildman–Crippen MR) is 69.3 cm³/mol. The molecule has 1 aromatic carbocycles. The second kappa shape index (κ2) is 6.25. The molecular formula is C13H20N2O2. The second-order valence-electron chi connectivity index (χ2n) is 4.14. The van der Waals surface area contributed by atoms with E-state index in [1.54, 1.807) is 6.92 Å². The molecule has 1 unspecified atom stereocenters. The molecule has 1 atom stereocenters. The number of anilines is 1. The molecule has 4 nitrogen and oxygen atoms in total. The smallest absolute Gasteiger partial charge is 0.319 e. The van der Waals surface area contributed by atoms with Gasteiger partial charge in [0.1, 0.15) is 0 Å². The van der Waals surface area contributed by atoms with Crippen molar-refractivity contribution in [2.24, 2.45) is 0 Å². The zero-order valence-corrected chi connectivity index (χ0v) is 10.6. The van der Waals surface area contributed by atoms with Crippen molar-refractivity contribution in [3.63, 3.8) is 0 Å². The first-order valence-corrected chi connectivity index (χ1v) is 5.85. The minimum atomic E-state index is -0.282. The number of urea groups is 1. The van der Waals surface area contributed by atoms with Gasteiger partial charge in [-0.1, -0.05) is 25.1 Å². The summed E-state index contributed by atoms with van der Waals surface area (Å²) in [5.41, 5.74) is 3.01. The van der Waals surface area contributed by atoms with Crippen LogP contribution in [0.15, 0.2) is 18.2 Å². The van der Waals surface area contributed by atoms with Crippen LogP contribution in [0, 0.1) is 6.92 Å². The first-order chi connectivity index (χ1) is 8.08. The largest absolute Gasteiger partial charge is 0.394 e. The Morgan fingerprint density at radius 1 is 1.47 bits per heavy atom. The van der Waals surface area contributed by atoms with Gasteiger partial charge in [0.25, 0.3) is 0 Å². The first-order valence-electron chi connectivity index (χ1n) is 5.85. The monoisotopic (exact) mass is 236 g/mol. The third-order valence-corrected chi connectivity index (χ3v) is 2.63. The highest BCUT2D eigenvalue weighted by atomic mass is 16.3. The minimum Gasteiger partial charge on any atom is -0.394 e. The number of aryl methyl sites for hydroxylation is 2. The van der Waals surface area contributed by atoms with E-state index in [1.807, 2.05) is 32.0 Å². The van der Waals surface area contributed by atoms with Crippen molar-refractivity contribution < 1.29 is 9.90 Å². The highest BCUT2D eigenvalue weighted by Gasteiger charge is 2.10. The average molecular weight is 236 g/mol. The van der Waals surface area contributed by atoms with Gasteiger partial charge in [0, 0.05) is 5.69 Å². The Kier molecular flexibility index (Phi) is 4.97. The van der Waals surface area contributed by atoms with Crippen LogP contribution in [0.1, 0.15) is 25.0 Å². The summed E-state index contributed by atoms with van der Waals surface area (Å²) in [6.45, 7) is 5.69. The van der Waals surface area contributed by atoms with Gasteiger partial charge in [-0.05, 0) is 31.4 Å². The average Bonchev–Trinajstić information content (AvgIpc) is 2.31. The maximum atomic E-state index is 11.7. The van der Waals surface area contributed by atoms with Crippen molar-refractivity contribution in [1.29, 1.82) is 0 Å². The zero-order chi connectivity index (χ0) is 12.8. The van der Waals surface area contributed by atoms with Gasteiger partial charge in [0.05, 0.1) is 12.6 Å². The normalized spacial score (nSPS) is 12.0. The molecule has 0 saturated carbocycles. The van der Waals surface area contributed by atoms with E-state index in [1.165, 1.54) is 0 Å². The van der Waals surface area contributed by atoms with Crippen LogP contribution < -0.4 is 10.6 Å². The van der Waals surface area contributed by atoms with E-state index in [9.17, 15) is 4.79 Å². The number of amides is 2. The molecule has 94 valence electrons. The van der Waals surface area contributed by atoms with Gasteiger partial charge in [0.2, 0.25) is 0 Å². The number of carbonyl (C=O) groups is 1. The van der Waals surface area contributed by atoms with E-state index in [0.29, 0.717) is 0 Å². The van der Waals surface area contributed by atoms with Gasteiger partial charge in [-0.2, -0.15) is 0 Å². The number of rotatable bonds is 4. The molecule has 0 radical (unpaired) electrons. The van der Waals surface area contributed by atoms with E-state index in [0.717, 1.165) is 23.2 Å². The van der Waals surface area contributed by atoms with Crippen molar-refractivity contribution in [2.45, 2.75) is 33.2 Å². The molecule has 4 heteroatoms. The molecule has 0 spiro atoms. The molecule has 0 bridgehead atoms. The Bertz CT molecular complexity index is 391. The maximum Gasteiger partial charge on any atom is 0.319 e. The van der Waals surface area contributed by atoms with Gasteiger partial charge in [-0.25, -0.2) is 4.79 Å². The topological polar surface area (TPSA) is 61.4 Å². The van der Waals surface area contributed by atoms with Crippen LogP contribution in [-0.2, 0) is 6.42 Å². The molecule has 3 N–H and O–H groups in total. The van der Waals surface area contributed by atoms with E-state index in [4.69, 9.17) is 5.11 Å². The molecule has 1 rings (SSSR count). The number of hydrogen-bond acceptors (Lipinski definition) is 2. The first kappa shape index (κ1) is 13.5. The summed E-state index contributed by atoms with van der Waals surface area (Å²) >= 11 is 0. The number of hydrogen-bond donors (Lipinski definition) is 3. The summed E-state index contributed by atoms with van der Waals surface area (Å²) in [5, 5.41) is 14.4. The summed E-state index contributed by atoms with van der Waals surface area (Å²) in [6.07, 6.45) is 0.868. The molecule has 0 aliphatic heterocycles. The highest BCUT2D eigenvalue weighted by Crippen LogP contribution is 2.20. The molecule has 0 aromatic heterocycles. The number of aliphatic hydroxyl groups excluding tert-OH is 1. The van der Waals surface area contributed by atoms with Crippen molar-refractivity contribution in [2.75, 3.05) is 11.9 Å². The maximum absolute atomic E-state index is 11.7. The molecule has 0 fully saturated rings. The quantitative estimate of drug-likeness (QED) is 0.749. The standard InChI is InChI=1S/C13H20N2O2/c1-4-11-7-5-6-9(2)12(11)15-13(17)14-10(3)8-16/h5-7,10,16H,4,8H2,1-3H3,(H2,14,15,17). The van der Waals surface area contributed by atoms with Crippen LogP contribution in [0.4, 0.5) is 10.5 Å². The van der Waals surface area contributed by atoms with Gasteiger partial charge < -0.3 is 15.7 Å². The van der Waals surface area contributed by atoms with E-state index in [-0.39, 0.29) is 18.7 Å². The minimum absolute atomic E-state index is 0.0676. The summed E-state index contributed by atoms with van der Waals surface area (Å²) in [7, 11) is 0. The molecule has 2 amide bonds. The lowest BCUT2D eigenvalue weighted by Crippen LogP contribution is -2.38. The van der Waals surface area contributed by atoms with E-state index in [2.05, 4.69) is 10.6 Å².